The Bertz CT molecular complexity index is 1270. The van der Waals surface area contributed by atoms with Crippen LogP contribution in [0.25, 0.3) is 22.1 Å². The normalized spacial score (nSPS) is 16.4. The standard InChI is InChI=1S/C20H18N4O3S/c1-11-6-7-13-15(8-11)28-20(22-13)23-16(25)9-24-10-21-17-12-4-2-3-5-14(12)27-18(17)19(24)26/h2-5,10-11H,6-9H2,1H3,(H,22,23,25)/t11-/m1/s1. The lowest BCUT2D eigenvalue weighted by Gasteiger charge is -2.15. The van der Waals surface area contributed by atoms with Crippen LogP contribution in [0.15, 0.2) is 39.8 Å². The van der Waals surface area contributed by atoms with E-state index < -0.39 is 0 Å². The van der Waals surface area contributed by atoms with E-state index in [1.807, 2.05) is 18.2 Å². The predicted octanol–water partition coefficient (Wildman–Crippen LogP) is 3.36. The molecule has 4 aromatic rings. The van der Waals surface area contributed by atoms with Gasteiger partial charge in [0.2, 0.25) is 11.5 Å². The molecule has 0 spiro atoms. The highest BCUT2D eigenvalue weighted by Gasteiger charge is 2.21. The summed E-state index contributed by atoms with van der Waals surface area (Å²) in [5.41, 5.74) is 1.99. The van der Waals surface area contributed by atoms with Crippen LogP contribution in [0.5, 0.6) is 0 Å². The summed E-state index contributed by atoms with van der Waals surface area (Å²) in [6.45, 7) is 2.09. The van der Waals surface area contributed by atoms with Crippen molar-refractivity contribution in [3.8, 4) is 0 Å². The van der Waals surface area contributed by atoms with Crippen molar-refractivity contribution in [3.05, 3.63) is 51.5 Å². The fraction of sp³-hybridized carbons (Fsp3) is 0.300. The predicted molar refractivity (Wildman–Crippen MR) is 108 cm³/mol. The Balaban J connectivity index is 1.39. The summed E-state index contributed by atoms with van der Waals surface area (Å²) in [4.78, 5) is 35.3. The van der Waals surface area contributed by atoms with Gasteiger partial charge in [-0.1, -0.05) is 19.1 Å². The van der Waals surface area contributed by atoms with E-state index in [9.17, 15) is 9.59 Å². The molecule has 1 N–H and O–H groups in total. The Labute approximate surface area is 164 Å². The molecule has 0 aliphatic heterocycles. The van der Waals surface area contributed by atoms with Crippen LogP contribution in [-0.4, -0.2) is 20.4 Å². The van der Waals surface area contributed by atoms with Crippen LogP contribution in [0, 0.1) is 5.92 Å². The average Bonchev–Trinajstić information content (AvgIpc) is 3.24. The van der Waals surface area contributed by atoms with Crippen molar-refractivity contribution in [1.29, 1.82) is 0 Å². The zero-order valence-electron chi connectivity index (χ0n) is 15.3. The summed E-state index contributed by atoms with van der Waals surface area (Å²) in [7, 11) is 0. The number of hydrogen-bond donors (Lipinski definition) is 1. The van der Waals surface area contributed by atoms with Gasteiger partial charge in [0.25, 0.3) is 5.56 Å². The van der Waals surface area contributed by atoms with Crippen molar-refractivity contribution < 1.29 is 9.21 Å². The van der Waals surface area contributed by atoms with Crippen LogP contribution in [0.4, 0.5) is 5.13 Å². The first kappa shape index (κ1) is 17.1. The SMILES string of the molecule is C[C@@H]1CCc2nc(NC(=O)Cn3cnc4c(oc5ccccc54)c3=O)sc2C1. The zero-order chi connectivity index (χ0) is 19.3. The van der Waals surface area contributed by atoms with Gasteiger partial charge < -0.3 is 9.73 Å². The smallest absolute Gasteiger partial charge is 0.297 e. The number of fused-ring (bicyclic) bond motifs is 4. The zero-order valence-corrected chi connectivity index (χ0v) is 16.1. The molecule has 3 aromatic heterocycles. The Hall–Kier alpha value is -3.00. The number of benzene rings is 1. The maximum atomic E-state index is 12.7. The molecule has 8 heteroatoms. The molecule has 3 heterocycles. The fourth-order valence-electron chi connectivity index (χ4n) is 3.63. The second-order valence-corrected chi connectivity index (χ2v) is 8.32. The molecule has 0 unspecified atom stereocenters. The molecule has 0 saturated carbocycles. The van der Waals surface area contributed by atoms with Crippen LogP contribution in [0.1, 0.15) is 23.9 Å². The van der Waals surface area contributed by atoms with Crippen LogP contribution in [-0.2, 0) is 24.2 Å². The fourth-order valence-corrected chi connectivity index (χ4v) is 4.82. The van der Waals surface area contributed by atoms with Gasteiger partial charge in [-0.15, -0.1) is 11.3 Å². The van der Waals surface area contributed by atoms with Gasteiger partial charge in [0.1, 0.15) is 17.6 Å². The molecule has 5 rings (SSSR count). The maximum absolute atomic E-state index is 12.7. The quantitative estimate of drug-likeness (QED) is 0.575. The third-order valence-electron chi connectivity index (χ3n) is 5.10. The number of carbonyl (C=O) groups excluding carboxylic acids is 1. The molecule has 1 amide bonds. The van der Waals surface area contributed by atoms with Crippen molar-refractivity contribution in [1.82, 2.24) is 14.5 Å². The highest BCUT2D eigenvalue weighted by atomic mass is 32.1. The van der Waals surface area contributed by atoms with E-state index in [1.54, 1.807) is 6.07 Å². The number of anilines is 1. The van der Waals surface area contributed by atoms with E-state index in [4.69, 9.17) is 4.42 Å². The number of nitrogens with one attached hydrogen (secondary N) is 1. The summed E-state index contributed by atoms with van der Waals surface area (Å²) in [5, 5.41) is 4.19. The van der Waals surface area contributed by atoms with E-state index in [0.29, 0.717) is 22.1 Å². The summed E-state index contributed by atoms with van der Waals surface area (Å²) in [6.07, 6.45) is 4.48. The Morgan fingerprint density at radius 2 is 2.25 bits per heavy atom. The van der Waals surface area contributed by atoms with E-state index >= 15 is 0 Å². The monoisotopic (exact) mass is 394 g/mol. The molecular formula is C20H18N4O3S. The lowest BCUT2D eigenvalue weighted by molar-refractivity contribution is -0.116. The molecule has 1 atom stereocenters. The number of thiazole rings is 1. The van der Waals surface area contributed by atoms with Gasteiger partial charge in [0.15, 0.2) is 5.13 Å². The first-order valence-electron chi connectivity index (χ1n) is 9.23. The van der Waals surface area contributed by atoms with Crippen molar-refractivity contribution in [2.24, 2.45) is 5.92 Å². The molecule has 0 radical (unpaired) electrons. The molecular weight excluding hydrogens is 376 g/mol. The minimum atomic E-state index is -0.372. The Kier molecular flexibility index (Phi) is 4.01. The van der Waals surface area contributed by atoms with Crippen LogP contribution >= 0.6 is 11.3 Å². The van der Waals surface area contributed by atoms with Gasteiger partial charge in [0.05, 0.1) is 12.0 Å². The van der Waals surface area contributed by atoms with E-state index in [1.165, 1.54) is 27.1 Å². The summed E-state index contributed by atoms with van der Waals surface area (Å²) < 4.78 is 6.91. The number of aromatic nitrogens is 3. The number of nitrogens with zero attached hydrogens (tertiary/aromatic N) is 3. The molecule has 7 nitrogen and oxygen atoms in total. The lowest BCUT2D eigenvalue weighted by Crippen LogP contribution is -2.27. The van der Waals surface area contributed by atoms with Crippen LogP contribution in [0.2, 0.25) is 0 Å². The van der Waals surface area contributed by atoms with Gasteiger partial charge in [-0.3, -0.25) is 14.2 Å². The maximum Gasteiger partial charge on any atom is 0.297 e. The van der Waals surface area contributed by atoms with Gasteiger partial charge in [-0.2, -0.15) is 0 Å². The molecule has 0 saturated heterocycles. The average molecular weight is 394 g/mol. The number of hydrogen-bond acceptors (Lipinski definition) is 6. The van der Waals surface area contributed by atoms with E-state index in [2.05, 4.69) is 22.2 Å². The number of amides is 1. The van der Waals surface area contributed by atoms with Crippen LogP contribution < -0.4 is 10.9 Å². The number of aryl methyl sites for hydroxylation is 1. The molecule has 1 aliphatic carbocycles. The highest BCUT2D eigenvalue weighted by molar-refractivity contribution is 7.15. The molecule has 28 heavy (non-hydrogen) atoms. The van der Waals surface area contributed by atoms with Gasteiger partial charge in [-0.05, 0) is 37.3 Å². The topological polar surface area (TPSA) is 90.0 Å². The minimum absolute atomic E-state index is 0.139. The molecule has 142 valence electrons. The Morgan fingerprint density at radius 3 is 3.14 bits per heavy atom. The summed E-state index contributed by atoms with van der Waals surface area (Å²) in [6, 6.07) is 7.35. The molecule has 1 aromatic carbocycles. The van der Waals surface area contributed by atoms with Crippen molar-refractivity contribution in [3.63, 3.8) is 0 Å². The second-order valence-electron chi connectivity index (χ2n) is 7.24. The second kappa shape index (κ2) is 6.56. The largest absolute Gasteiger partial charge is 0.448 e. The van der Waals surface area contributed by atoms with Crippen molar-refractivity contribution in [2.45, 2.75) is 32.7 Å². The lowest BCUT2D eigenvalue weighted by atomic mass is 9.93. The summed E-state index contributed by atoms with van der Waals surface area (Å²) >= 11 is 1.52. The third kappa shape index (κ3) is 2.90. The van der Waals surface area contributed by atoms with E-state index in [-0.39, 0.29) is 23.6 Å². The molecule has 1 aliphatic rings. The van der Waals surface area contributed by atoms with Gasteiger partial charge >= 0.3 is 0 Å². The Morgan fingerprint density at radius 1 is 1.39 bits per heavy atom. The molecule has 0 bridgehead atoms. The molecule has 0 fully saturated rings. The number of furan rings is 1. The van der Waals surface area contributed by atoms with E-state index in [0.717, 1.165) is 30.3 Å². The summed E-state index contributed by atoms with van der Waals surface area (Å²) in [5.74, 6) is 0.343. The van der Waals surface area contributed by atoms with Gasteiger partial charge in [-0.25, -0.2) is 9.97 Å². The minimum Gasteiger partial charge on any atom is -0.448 e. The van der Waals surface area contributed by atoms with Gasteiger partial charge in [0, 0.05) is 10.3 Å². The van der Waals surface area contributed by atoms with Crippen molar-refractivity contribution in [2.75, 3.05) is 5.32 Å². The highest BCUT2D eigenvalue weighted by Crippen LogP contribution is 2.32. The van der Waals surface area contributed by atoms with Crippen LogP contribution in [0.3, 0.4) is 0 Å². The first-order valence-corrected chi connectivity index (χ1v) is 10.1. The number of para-hydroxylation sites is 1. The number of rotatable bonds is 3. The first-order chi connectivity index (χ1) is 13.6. The number of carbonyl (C=O) groups is 1. The third-order valence-corrected chi connectivity index (χ3v) is 6.13. The van der Waals surface area contributed by atoms with Crippen molar-refractivity contribution >= 4 is 44.4 Å².